The Hall–Kier alpha value is -2.61. The summed E-state index contributed by atoms with van der Waals surface area (Å²) < 4.78 is 65.8. The number of benzene rings is 2. The van der Waals surface area contributed by atoms with E-state index >= 15 is 0 Å². The molecule has 0 unspecified atom stereocenters. The highest BCUT2D eigenvalue weighted by molar-refractivity contribution is 7.91. The third-order valence-electron chi connectivity index (χ3n) is 4.39. The van der Waals surface area contributed by atoms with Crippen LogP contribution in [0.5, 0.6) is 0 Å². The van der Waals surface area contributed by atoms with Crippen LogP contribution >= 0.6 is 0 Å². The average molecular weight is 408 g/mol. The number of sulfone groups is 1. The lowest BCUT2D eigenvalue weighted by Gasteiger charge is -2.24. The van der Waals surface area contributed by atoms with Crippen LogP contribution in [0.1, 0.15) is 25.0 Å². The van der Waals surface area contributed by atoms with Gasteiger partial charge in [0, 0.05) is 23.5 Å². The molecule has 1 heterocycles. The molecule has 0 N–H and O–H groups in total. The summed E-state index contributed by atoms with van der Waals surface area (Å²) in [5.41, 5.74) is 0.840. The number of halogens is 3. The number of allylic oxidation sites excluding steroid dienone is 1. The number of anilines is 1. The third kappa shape index (κ3) is 4.27. The van der Waals surface area contributed by atoms with Crippen LogP contribution in [0.25, 0.3) is 0 Å². The first kappa shape index (κ1) is 20.1. The predicted octanol–water partition coefficient (Wildman–Crippen LogP) is 4.37. The monoisotopic (exact) mass is 408 g/mol. The van der Waals surface area contributed by atoms with Crippen molar-refractivity contribution >= 4 is 21.2 Å². The maximum Gasteiger partial charge on any atom is 0.165 e. The quantitative estimate of drug-likeness (QED) is 0.738. The lowest BCUT2D eigenvalue weighted by Crippen LogP contribution is -2.24. The van der Waals surface area contributed by atoms with Gasteiger partial charge < -0.3 is 4.90 Å². The molecular formula is C20H19F3N2O2S. The summed E-state index contributed by atoms with van der Waals surface area (Å²) in [6, 6.07) is 9.59. The first-order valence-electron chi connectivity index (χ1n) is 8.62. The molecule has 148 valence electrons. The second-order valence-electron chi connectivity index (χ2n) is 6.74. The fraction of sp³-hybridized carbons (Fsp3) is 0.250. The molecule has 2 aromatic rings. The summed E-state index contributed by atoms with van der Waals surface area (Å²) in [5.74, 6) is -2.53. The second-order valence-corrected chi connectivity index (χ2v) is 9.30. The Morgan fingerprint density at radius 3 is 2.50 bits per heavy atom. The highest BCUT2D eigenvalue weighted by atomic mass is 32.2. The summed E-state index contributed by atoms with van der Waals surface area (Å²) in [6.45, 7) is 3.25. The van der Waals surface area contributed by atoms with Gasteiger partial charge in [0.05, 0.1) is 11.0 Å². The van der Waals surface area contributed by atoms with Crippen LogP contribution in [0, 0.1) is 11.6 Å². The Morgan fingerprint density at radius 1 is 1.11 bits per heavy atom. The zero-order valence-electron chi connectivity index (χ0n) is 15.4. The number of nitrogens with zero attached hydrogens (tertiary/aromatic N) is 2. The summed E-state index contributed by atoms with van der Waals surface area (Å²) in [7, 11) is -3.27. The highest BCUT2D eigenvalue weighted by Crippen LogP contribution is 2.25. The second kappa shape index (κ2) is 7.79. The Kier molecular flexibility index (Phi) is 5.60. The van der Waals surface area contributed by atoms with E-state index in [0.717, 1.165) is 12.1 Å². The van der Waals surface area contributed by atoms with E-state index in [1.807, 2.05) is 0 Å². The van der Waals surface area contributed by atoms with Crippen LogP contribution < -0.4 is 4.90 Å². The van der Waals surface area contributed by atoms with Gasteiger partial charge in [0.2, 0.25) is 0 Å². The molecule has 4 nitrogen and oxygen atoms in total. The van der Waals surface area contributed by atoms with Gasteiger partial charge in [-0.05, 0) is 43.7 Å². The van der Waals surface area contributed by atoms with Crippen molar-refractivity contribution in [2.75, 3.05) is 11.6 Å². The Labute approximate surface area is 161 Å². The van der Waals surface area contributed by atoms with E-state index in [2.05, 4.69) is 4.99 Å². The van der Waals surface area contributed by atoms with Crippen LogP contribution in [-0.2, 0) is 15.6 Å². The van der Waals surface area contributed by atoms with Crippen LogP contribution in [-0.4, -0.2) is 26.0 Å². The average Bonchev–Trinajstić information content (AvgIpc) is 2.62. The van der Waals surface area contributed by atoms with Crippen LogP contribution in [0.3, 0.4) is 0 Å². The SMILES string of the molecule is CC(C)S(=O)(=O)Cc1cccc(N2C=C(F)C(c3ccc(F)cc3F)=NC2)c1. The van der Waals surface area contributed by atoms with E-state index in [1.54, 1.807) is 38.1 Å². The Balaban J connectivity index is 1.84. The van der Waals surface area contributed by atoms with E-state index in [1.165, 1.54) is 11.1 Å². The van der Waals surface area contributed by atoms with Gasteiger partial charge >= 0.3 is 0 Å². The zero-order chi connectivity index (χ0) is 20.5. The van der Waals surface area contributed by atoms with Crippen molar-refractivity contribution in [1.29, 1.82) is 0 Å². The molecule has 0 spiro atoms. The van der Waals surface area contributed by atoms with Gasteiger partial charge in [0.1, 0.15) is 24.0 Å². The maximum absolute atomic E-state index is 14.6. The van der Waals surface area contributed by atoms with Gasteiger partial charge in [-0.2, -0.15) is 0 Å². The minimum Gasteiger partial charge on any atom is -0.325 e. The number of hydrogen-bond donors (Lipinski definition) is 0. The first-order chi connectivity index (χ1) is 13.2. The number of rotatable bonds is 5. The van der Waals surface area contributed by atoms with Crippen LogP contribution in [0.4, 0.5) is 18.9 Å². The minimum atomic E-state index is -3.27. The van der Waals surface area contributed by atoms with Gasteiger partial charge in [-0.1, -0.05) is 12.1 Å². The van der Waals surface area contributed by atoms with E-state index in [9.17, 15) is 21.6 Å². The molecule has 3 rings (SSSR count). The van der Waals surface area contributed by atoms with Crippen molar-refractivity contribution in [1.82, 2.24) is 0 Å². The van der Waals surface area contributed by atoms with Crippen LogP contribution in [0.2, 0.25) is 0 Å². The number of hydrogen-bond acceptors (Lipinski definition) is 4. The van der Waals surface area contributed by atoms with Crippen molar-refractivity contribution in [3.8, 4) is 0 Å². The topological polar surface area (TPSA) is 49.7 Å². The first-order valence-corrected chi connectivity index (χ1v) is 10.3. The van der Waals surface area contributed by atoms with Gasteiger partial charge in [-0.3, -0.25) is 4.99 Å². The Bertz CT molecular complexity index is 1060. The molecule has 0 bridgehead atoms. The molecule has 0 fully saturated rings. The van der Waals surface area contributed by atoms with E-state index in [-0.39, 0.29) is 23.7 Å². The Morgan fingerprint density at radius 2 is 1.86 bits per heavy atom. The molecule has 0 saturated heterocycles. The minimum absolute atomic E-state index is 0.0138. The molecule has 28 heavy (non-hydrogen) atoms. The zero-order valence-corrected chi connectivity index (χ0v) is 16.2. The van der Waals surface area contributed by atoms with Gasteiger partial charge in [0.25, 0.3) is 0 Å². The third-order valence-corrected chi connectivity index (χ3v) is 6.56. The van der Waals surface area contributed by atoms with Crippen molar-refractivity contribution in [2.45, 2.75) is 24.9 Å². The van der Waals surface area contributed by atoms with Gasteiger partial charge in [-0.15, -0.1) is 0 Å². The standard InChI is InChI=1S/C20H19F3N2O2S/c1-13(2)28(26,27)11-14-4-3-5-16(8-14)25-10-19(23)20(24-12-25)17-7-6-15(21)9-18(17)22/h3-10,13H,11-12H2,1-2H3. The molecule has 1 aliphatic heterocycles. The molecule has 0 aromatic heterocycles. The van der Waals surface area contributed by atoms with Crippen molar-refractivity contribution in [3.63, 3.8) is 0 Å². The van der Waals surface area contributed by atoms with Crippen LogP contribution in [0.15, 0.2) is 59.5 Å². The normalized spacial score (nSPS) is 14.9. The van der Waals surface area contributed by atoms with E-state index < -0.39 is 32.5 Å². The molecule has 0 aliphatic carbocycles. The fourth-order valence-electron chi connectivity index (χ4n) is 2.74. The van der Waals surface area contributed by atoms with Gasteiger partial charge in [-0.25, -0.2) is 21.6 Å². The van der Waals surface area contributed by atoms with Gasteiger partial charge in [0.15, 0.2) is 15.7 Å². The molecule has 0 radical (unpaired) electrons. The molecule has 8 heteroatoms. The summed E-state index contributed by atoms with van der Waals surface area (Å²) in [4.78, 5) is 5.57. The molecule has 0 atom stereocenters. The smallest absolute Gasteiger partial charge is 0.165 e. The molecule has 2 aromatic carbocycles. The fourth-order valence-corrected chi connectivity index (χ4v) is 3.71. The lowest BCUT2D eigenvalue weighted by atomic mass is 10.1. The van der Waals surface area contributed by atoms with E-state index in [4.69, 9.17) is 0 Å². The highest BCUT2D eigenvalue weighted by Gasteiger charge is 2.22. The van der Waals surface area contributed by atoms with Crippen molar-refractivity contribution in [2.24, 2.45) is 4.99 Å². The summed E-state index contributed by atoms with van der Waals surface area (Å²) >= 11 is 0. The molecule has 0 saturated carbocycles. The molecular weight excluding hydrogens is 389 g/mol. The molecule has 0 amide bonds. The van der Waals surface area contributed by atoms with E-state index in [0.29, 0.717) is 17.3 Å². The molecule has 1 aliphatic rings. The van der Waals surface area contributed by atoms with Crippen molar-refractivity contribution in [3.05, 3.63) is 77.3 Å². The van der Waals surface area contributed by atoms with Crippen molar-refractivity contribution < 1.29 is 21.6 Å². The predicted molar refractivity (Wildman–Crippen MR) is 104 cm³/mol. The lowest BCUT2D eigenvalue weighted by molar-refractivity contribution is 0.580. The number of aliphatic imine (C=N–C) groups is 1. The maximum atomic E-state index is 14.6. The summed E-state index contributed by atoms with van der Waals surface area (Å²) in [5, 5.41) is -0.499. The summed E-state index contributed by atoms with van der Waals surface area (Å²) in [6.07, 6.45) is 1.17. The largest absolute Gasteiger partial charge is 0.325 e.